The van der Waals surface area contributed by atoms with Gasteiger partial charge in [-0.15, -0.1) is 0 Å². The van der Waals surface area contributed by atoms with Gasteiger partial charge in [-0.05, 0) is 50.3 Å². The molecule has 0 spiro atoms. The normalized spacial score (nSPS) is 32.1. The predicted molar refractivity (Wildman–Crippen MR) is 84.5 cm³/mol. The van der Waals surface area contributed by atoms with Crippen LogP contribution in [0.25, 0.3) is 0 Å². The van der Waals surface area contributed by atoms with Gasteiger partial charge in [-0.1, -0.05) is 49.6 Å². The zero-order valence-electron chi connectivity index (χ0n) is 12.5. The Labute approximate surface area is 123 Å². The molecule has 110 valence electrons. The number of hydrogen-bond acceptors (Lipinski definition) is 2. The van der Waals surface area contributed by atoms with E-state index in [-0.39, 0.29) is 0 Å². The standard InChI is InChI=1S/C18H28N2/c19-14-16-10-5-2-6-11-18(16)20-13-7-12-17(20)15-8-3-1-4-9-15/h1,3-4,8-9,16-18H,2,5-7,10-14,19H2. The molecule has 2 nitrogen and oxygen atoms in total. The third-order valence-corrected chi connectivity index (χ3v) is 5.33. The fraction of sp³-hybridized carbons (Fsp3) is 0.667. The highest BCUT2D eigenvalue weighted by atomic mass is 15.2. The Kier molecular flexibility index (Phi) is 4.74. The van der Waals surface area contributed by atoms with Gasteiger partial charge in [-0.3, -0.25) is 4.90 Å². The van der Waals surface area contributed by atoms with Crippen LogP contribution < -0.4 is 5.73 Å². The van der Waals surface area contributed by atoms with Crippen LogP contribution in [0.3, 0.4) is 0 Å². The molecule has 2 aliphatic rings. The summed E-state index contributed by atoms with van der Waals surface area (Å²) in [5, 5.41) is 0. The van der Waals surface area contributed by atoms with Crippen LogP contribution in [0.4, 0.5) is 0 Å². The largest absolute Gasteiger partial charge is 0.330 e. The second-order valence-electron chi connectivity index (χ2n) is 6.51. The fourth-order valence-corrected chi connectivity index (χ4v) is 4.30. The van der Waals surface area contributed by atoms with E-state index in [4.69, 9.17) is 5.73 Å². The molecule has 3 unspecified atom stereocenters. The molecule has 1 heterocycles. The number of hydrogen-bond donors (Lipinski definition) is 1. The van der Waals surface area contributed by atoms with Gasteiger partial charge in [0.25, 0.3) is 0 Å². The van der Waals surface area contributed by atoms with Crippen LogP contribution in [0.15, 0.2) is 30.3 Å². The van der Waals surface area contributed by atoms with Crippen molar-refractivity contribution < 1.29 is 0 Å². The molecule has 3 rings (SSSR count). The monoisotopic (exact) mass is 272 g/mol. The summed E-state index contributed by atoms with van der Waals surface area (Å²) in [7, 11) is 0. The summed E-state index contributed by atoms with van der Waals surface area (Å²) in [5.41, 5.74) is 7.59. The summed E-state index contributed by atoms with van der Waals surface area (Å²) >= 11 is 0. The van der Waals surface area contributed by atoms with Gasteiger partial charge in [0, 0.05) is 12.1 Å². The molecule has 1 aromatic carbocycles. The van der Waals surface area contributed by atoms with E-state index < -0.39 is 0 Å². The van der Waals surface area contributed by atoms with Gasteiger partial charge in [0.15, 0.2) is 0 Å². The van der Waals surface area contributed by atoms with E-state index in [2.05, 4.69) is 35.2 Å². The fourth-order valence-electron chi connectivity index (χ4n) is 4.30. The van der Waals surface area contributed by atoms with Gasteiger partial charge in [0.05, 0.1) is 0 Å². The molecule has 1 aliphatic carbocycles. The average molecular weight is 272 g/mol. The first kappa shape index (κ1) is 14.1. The summed E-state index contributed by atoms with van der Waals surface area (Å²) in [6.45, 7) is 2.13. The van der Waals surface area contributed by atoms with Crippen LogP contribution in [0.1, 0.15) is 56.6 Å². The Hall–Kier alpha value is -0.860. The van der Waals surface area contributed by atoms with E-state index in [0.29, 0.717) is 12.0 Å². The number of benzene rings is 1. The molecule has 1 aromatic rings. The second-order valence-corrected chi connectivity index (χ2v) is 6.51. The zero-order valence-corrected chi connectivity index (χ0v) is 12.5. The smallest absolute Gasteiger partial charge is 0.0351 e. The van der Waals surface area contributed by atoms with E-state index in [9.17, 15) is 0 Å². The second kappa shape index (κ2) is 6.73. The van der Waals surface area contributed by atoms with Gasteiger partial charge in [0.2, 0.25) is 0 Å². The zero-order chi connectivity index (χ0) is 13.8. The molecular weight excluding hydrogens is 244 g/mol. The Morgan fingerprint density at radius 3 is 2.55 bits per heavy atom. The quantitative estimate of drug-likeness (QED) is 0.850. The van der Waals surface area contributed by atoms with Gasteiger partial charge in [-0.25, -0.2) is 0 Å². The van der Waals surface area contributed by atoms with E-state index in [1.54, 1.807) is 0 Å². The highest BCUT2D eigenvalue weighted by molar-refractivity contribution is 5.20. The van der Waals surface area contributed by atoms with Gasteiger partial charge in [-0.2, -0.15) is 0 Å². The third-order valence-electron chi connectivity index (χ3n) is 5.33. The van der Waals surface area contributed by atoms with Gasteiger partial charge < -0.3 is 5.73 Å². The maximum atomic E-state index is 6.09. The van der Waals surface area contributed by atoms with Gasteiger partial charge in [0.1, 0.15) is 0 Å². The molecule has 1 aliphatic heterocycles. The van der Waals surface area contributed by atoms with Crippen molar-refractivity contribution in [3.8, 4) is 0 Å². The highest BCUT2D eigenvalue weighted by Gasteiger charge is 2.35. The van der Waals surface area contributed by atoms with E-state index in [1.807, 2.05) is 0 Å². The van der Waals surface area contributed by atoms with Crippen molar-refractivity contribution >= 4 is 0 Å². The summed E-state index contributed by atoms with van der Waals surface area (Å²) in [5.74, 6) is 0.710. The van der Waals surface area contributed by atoms with Crippen molar-refractivity contribution in [2.45, 2.75) is 57.0 Å². The summed E-state index contributed by atoms with van der Waals surface area (Å²) < 4.78 is 0. The lowest BCUT2D eigenvalue weighted by Gasteiger charge is -2.37. The Morgan fingerprint density at radius 2 is 1.75 bits per heavy atom. The molecule has 2 fully saturated rings. The van der Waals surface area contributed by atoms with E-state index >= 15 is 0 Å². The molecule has 1 saturated heterocycles. The van der Waals surface area contributed by atoms with Crippen LogP contribution in [0.2, 0.25) is 0 Å². The van der Waals surface area contributed by atoms with Crippen molar-refractivity contribution in [3.05, 3.63) is 35.9 Å². The molecule has 0 aromatic heterocycles. The molecule has 20 heavy (non-hydrogen) atoms. The topological polar surface area (TPSA) is 29.3 Å². The predicted octanol–water partition coefficient (Wildman–Crippen LogP) is 3.73. The highest BCUT2D eigenvalue weighted by Crippen LogP contribution is 2.38. The van der Waals surface area contributed by atoms with Crippen LogP contribution in [0, 0.1) is 5.92 Å². The first-order valence-corrected chi connectivity index (χ1v) is 8.41. The average Bonchev–Trinajstić information content (AvgIpc) is 2.86. The lowest BCUT2D eigenvalue weighted by atomic mass is 9.92. The van der Waals surface area contributed by atoms with Crippen molar-refractivity contribution in [1.82, 2.24) is 4.90 Å². The summed E-state index contributed by atoms with van der Waals surface area (Å²) in [6.07, 6.45) is 9.51. The minimum Gasteiger partial charge on any atom is -0.330 e. The van der Waals surface area contributed by atoms with Gasteiger partial charge >= 0.3 is 0 Å². The minimum absolute atomic E-state index is 0.633. The number of nitrogens with two attached hydrogens (primary N) is 1. The van der Waals surface area contributed by atoms with E-state index in [0.717, 1.165) is 12.6 Å². The van der Waals surface area contributed by atoms with Crippen molar-refractivity contribution in [2.75, 3.05) is 13.1 Å². The number of nitrogens with zero attached hydrogens (tertiary/aromatic N) is 1. The molecule has 2 heteroatoms. The number of rotatable bonds is 3. The molecule has 2 N–H and O–H groups in total. The Bertz CT molecular complexity index is 403. The minimum atomic E-state index is 0.633. The molecule has 3 atom stereocenters. The Balaban J connectivity index is 1.79. The number of likely N-dealkylation sites (tertiary alicyclic amines) is 1. The van der Waals surface area contributed by atoms with Crippen molar-refractivity contribution in [3.63, 3.8) is 0 Å². The molecule has 1 saturated carbocycles. The van der Waals surface area contributed by atoms with Crippen LogP contribution in [-0.4, -0.2) is 24.0 Å². The van der Waals surface area contributed by atoms with Crippen molar-refractivity contribution in [2.24, 2.45) is 11.7 Å². The van der Waals surface area contributed by atoms with Crippen LogP contribution >= 0.6 is 0 Å². The first-order valence-electron chi connectivity index (χ1n) is 8.41. The maximum Gasteiger partial charge on any atom is 0.0351 e. The third kappa shape index (κ3) is 2.91. The van der Waals surface area contributed by atoms with Crippen LogP contribution in [-0.2, 0) is 0 Å². The molecule has 0 radical (unpaired) electrons. The summed E-state index contributed by atoms with van der Waals surface area (Å²) in [4.78, 5) is 2.79. The molecule has 0 bridgehead atoms. The summed E-state index contributed by atoms with van der Waals surface area (Å²) in [6, 6.07) is 12.4. The first-order chi connectivity index (χ1) is 9.90. The lowest BCUT2D eigenvalue weighted by molar-refractivity contribution is 0.122. The Morgan fingerprint density at radius 1 is 0.950 bits per heavy atom. The molecular formula is C18H28N2. The van der Waals surface area contributed by atoms with Crippen molar-refractivity contribution in [1.29, 1.82) is 0 Å². The van der Waals surface area contributed by atoms with E-state index in [1.165, 1.54) is 57.1 Å². The molecule has 0 amide bonds. The maximum absolute atomic E-state index is 6.09. The lowest BCUT2D eigenvalue weighted by Crippen LogP contribution is -2.42. The SMILES string of the molecule is NCC1CCCCCC1N1CCCC1c1ccccc1. The van der Waals surface area contributed by atoms with Crippen LogP contribution in [0.5, 0.6) is 0 Å².